The highest BCUT2D eigenvalue weighted by molar-refractivity contribution is 7.98. The van der Waals surface area contributed by atoms with Gasteiger partial charge < -0.3 is 0 Å². The van der Waals surface area contributed by atoms with Gasteiger partial charge in [-0.1, -0.05) is 35.0 Å². The second-order valence-corrected chi connectivity index (χ2v) is 7.03. The van der Waals surface area contributed by atoms with Gasteiger partial charge in [-0.2, -0.15) is 13.7 Å². The van der Waals surface area contributed by atoms with E-state index in [4.69, 9.17) is 5.26 Å². The van der Waals surface area contributed by atoms with Crippen molar-refractivity contribution in [3.63, 3.8) is 0 Å². The van der Waals surface area contributed by atoms with Crippen LogP contribution in [0.2, 0.25) is 0 Å². The molecule has 0 spiro atoms. The predicted octanol–water partition coefficient (Wildman–Crippen LogP) is 3.35. The first-order valence-corrected chi connectivity index (χ1v) is 9.22. The van der Waals surface area contributed by atoms with Gasteiger partial charge in [0.25, 0.3) is 0 Å². The number of thioether (sulfide) groups is 1. The van der Waals surface area contributed by atoms with Crippen LogP contribution in [0.4, 0.5) is 0 Å². The molecule has 0 bridgehead atoms. The Bertz CT molecular complexity index is 850. The summed E-state index contributed by atoms with van der Waals surface area (Å²) in [5, 5.41) is 12.6. The summed E-state index contributed by atoms with van der Waals surface area (Å²) in [5.41, 5.74) is 1.32. The van der Waals surface area contributed by atoms with Gasteiger partial charge in [0, 0.05) is 10.5 Å². The molecule has 0 aliphatic carbocycles. The van der Waals surface area contributed by atoms with Crippen LogP contribution in [0.3, 0.4) is 0 Å². The summed E-state index contributed by atoms with van der Waals surface area (Å²) in [6, 6.07) is 15.0. The number of hydrogen-bond acceptors (Lipinski definition) is 6. The first-order valence-electron chi connectivity index (χ1n) is 6.59. The monoisotopic (exact) mass is 346 g/mol. The van der Waals surface area contributed by atoms with E-state index in [-0.39, 0.29) is 10.6 Å². The van der Waals surface area contributed by atoms with Gasteiger partial charge in [0.15, 0.2) is 5.71 Å². The fourth-order valence-electron chi connectivity index (χ4n) is 1.72. The Kier molecular flexibility index (Phi) is 5.42. The highest BCUT2D eigenvalue weighted by Gasteiger charge is 2.16. The van der Waals surface area contributed by atoms with E-state index in [9.17, 15) is 8.42 Å². The minimum absolute atomic E-state index is 0.0122. The molecule has 0 N–H and O–H groups in total. The Balaban J connectivity index is 2.24. The molecule has 2 aromatic rings. The van der Waals surface area contributed by atoms with E-state index < -0.39 is 10.1 Å². The van der Waals surface area contributed by atoms with Crippen molar-refractivity contribution in [2.24, 2.45) is 5.16 Å². The molecule has 0 heterocycles. The van der Waals surface area contributed by atoms with Gasteiger partial charge in [0.2, 0.25) is 0 Å². The molecule has 0 aromatic heterocycles. The van der Waals surface area contributed by atoms with Crippen LogP contribution in [-0.4, -0.2) is 20.4 Å². The largest absolute Gasteiger partial charge is 0.358 e. The lowest BCUT2D eigenvalue weighted by Gasteiger charge is -2.03. The highest BCUT2D eigenvalue weighted by atomic mass is 32.2. The molecule has 5 nitrogen and oxygen atoms in total. The van der Waals surface area contributed by atoms with Gasteiger partial charge in [-0.15, -0.1) is 11.8 Å². The summed E-state index contributed by atoms with van der Waals surface area (Å²) in [6.07, 6.45) is 1.94. The van der Waals surface area contributed by atoms with E-state index in [0.29, 0.717) is 5.56 Å². The molecule has 2 rings (SSSR count). The standard InChI is InChI=1S/C16H14N2O3S2/c1-12-3-9-15(10-4-12)23(19,20)21-18-16(11-17)13-5-7-14(22-2)8-6-13/h3-10H,1-2H3/b18-16-. The molecule has 0 atom stereocenters. The third kappa shape index (κ3) is 4.34. The molecule has 0 aliphatic rings. The van der Waals surface area contributed by atoms with Crippen LogP contribution in [0, 0.1) is 18.3 Å². The lowest BCUT2D eigenvalue weighted by atomic mass is 10.1. The summed E-state index contributed by atoms with van der Waals surface area (Å²) in [5.74, 6) is 0. The van der Waals surface area contributed by atoms with Gasteiger partial charge in [-0.3, -0.25) is 4.28 Å². The maximum absolute atomic E-state index is 12.1. The van der Waals surface area contributed by atoms with Crippen molar-refractivity contribution in [3.8, 4) is 6.07 Å². The number of oxime groups is 1. The highest BCUT2D eigenvalue weighted by Crippen LogP contribution is 2.17. The Morgan fingerprint density at radius 2 is 1.74 bits per heavy atom. The molecular formula is C16H14N2O3S2. The number of benzene rings is 2. The molecule has 0 aliphatic heterocycles. The topological polar surface area (TPSA) is 79.5 Å². The van der Waals surface area contributed by atoms with Crippen molar-refractivity contribution in [1.82, 2.24) is 0 Å². The van der Waals surface area contributed by atoms with Gasteiger partial charge >= 0.3 is 10.1 Å². The van der Waals surface area contributed by atoms with Gasteiger partial charge in [-0.05, 0) is 37.4 Å². The summed E-state index contributed by atoms with van der Waals surface area (Å²) in [4.78, 5) is 1.01. The number of rotatable bonds is 5. The SMILES string of the molecule is CSc1ccc(/C(C#N)=N\OS(=O)(=O)c2ccc(C)cc2)cc1. The molecular weight excluding hydrogens is 332 g/mol. The minimum Gasteiger partial charge on any atom is -0.263 e. The van der Waals surface area contributed by atoms with E-state index >= 15 is 0 Å². The molecule has 0 radical (unpaired) electrons. The van der Waals surface area contributed by atoms with Crippen molar-refractivity contribution < 1.29 is 12.7 Å². The van der Waals surface area contributed by atoms with Gasteiger partial charge in [-0.25, -0.2) is 0 Å². The lowest BCUT2D eigenvalue weighted by molar-refractivity contribution is 0.339. The van der Waals surface area contributed by atoms with Crippen LogP contribution in [-0.2, 0) is 14.4 Å². The van der Waals surface area contributed by atoms with Gasteiger partial charge in [0.05, 0.1) is 0 Å². The number of nitrogens with zero attached hydrogens (tertiary/aromatic N) is 2. The Labute approximate surface area is 139 Å². The molecule has 0 amide bonds. The van der Waals surface area contributed by atoms with Crippen molar-refractivity contribution in [2.75, 3.05) is 6.26 Å². The Morgan fingerprint density at radius 1 is 1.13 bits per heavy atom. The second kappa shape index (κ2) is 7.31. The van der Waals surface area contributed by atoms with Crippen LogP contribution in [0.25, 0.3) is 0 Å². The second-order valence-electron chi connectivity index (χ2n) is 4.62. The van der Waals surface area contributed by atoms with Gasteiger partial charge in [0.1, 0.15) is 11.0 Å². The molecule has 0 fully saturated rings. The normalized spacial score (nSPS) is 11.8. The fraction of sp³-hybridized carbons (Fsp3) is 0.125. The number of aryl methyl sites for hydroxylation is 1. The fourth-order valence-corrected chi connectivity index (χ4v) is 2.86. The third-order valence-electron chi connectivity index (χ3n) is 3.01. The summed E-state index contributed by atoms with van der Waals surface area (Å²) in [7, 11) is -4.05. The zero-order chi connectivity index (χ0) is 16.9. The van der Waals surface area contributed by atoms with Crippen LogP contribution in [0.1, 0.15) is 11.1 Å². The number of hydrogen-bond donors (Lipinski definition) is 0. The van der Waals surface area contributed by atoms with Crippen LogP contribution >= 0.6 is 11.8 Å². The summed E-state index contributed by atoms with van der Waals surface area (Å²) < 4.78 is 28.8. The molecule has 23 heavy (non-hydrogen) atoms. The average Bonchev–Trinajstić information content (AvgIpc) is 2.56. The van der Waals surface area contributed by atoms with Crippen molar-refractivity contribution >= 4 is 27.6 Å². The Morgan fingerprint density at radius 3 is 2.26 bits per heavy atom. The smallest absolute Gasteiger partial charge is 0.263 e. The Hall–Kier alpha value is -2.30. The van der Waals surface area contributed by atoms with Crippen LogP contribution in [0.5, 0.6) is 0 Å². The quantitative estimate of drug-likeness (QED) is 0.471. The molecule has 118 valence electrons. The van der Waals surface area contributed by atoms with Crippen LogP contribution < -0.4 is 0 Å². The van der Waals surface area contributed by atoms with Crippen molar-refractivity contribution in [1.29, 1.82) is 5.26 Å². The van der Waals surface area contributed by atoms with E-state index in [1.807, 2.05) is 31.4 Å². The van der Waals surface area contributed by atoms with Crippen molar-refractivity contribution in [3.05, 3.63) is 59.7 Å². The van der Waals surface area contributed by atoms with Crippen LogP contribution in [0.15, 0.2) is 63.5 Å². The maximum atomic E-state index is 12.1. The number of nitriles is 1. The average molecular weight is 346 g/mol. The van der Waals surface area contributed by atoms with E-state index in [0.717, 1.165) is 10.5 Å². The van der Waals surface area contributed by atoms with Crippen molar-refractivity contribution in [2.45, 2.75) is 16.7 Å². The zero-order valence-corrected chi connectivity index (χ0v) is 14.2. The summed E-state index contributed by atoms with van der Waals surface area (Å²) in [6.45, 7) is 1.85. The molecule has 0 saturated carbocycles. The lowest BCUT2D eigenvalue weighted by Crippen LogP contribution is -2.06. The first-order chi connectivity index (χ1) is 11.0. The summed E-state index contributed by atoms with van der Waals surface area (Å²) >= 11 is 1.56. The minimum atomic E-state index is -4.05. The molecule has 7 heteroatoms. The molecule has 2 aromatic carbocycles. The van der Waals surface area contributed by atoms with E-state index in [2.05, 4.69) is 9.44 Å². The predicted molar refractivity (Wildman–Crippen MR) is 89.8 cm³/mol. The third-order valence-corrected chi connectivity index (χ3v) is 4.87. The van der Waals surface area contributed by atoms with E-state index in [1.165, 1.54) is 12.1 Å². The first kappa shape index (κ1) is 17.1. The molecule has 0 saturated heterocycles. The maximum Gasteiger partial charge on any atom is 0.358 e. The molecule has 0 unspecified atom stereocenters. The van der Waals surface area contributed by atoms with E-state index in [1.54, 1.807) is 36.0 Å². The zero-order valence-electron chi connectivity index (χ0n) is 12.6.